The zero-order valence-corrected chi connectivity index (χ0v) is 21.3. The lowest BCUT2D eigenvalue weighted by Crippen LogP contribution is -2.18. The van der Waals surface area contributed by atoms with Crippen LogP contribution in [-0.4, -0.2) is 50.6 Å². The average Bonchev–Trinajstić information content (AvgIpc) is 3.61. The molecule has 0 aliphatic rings. The van der Waals surface area contributed by atoms with E-state index in [9.17, 15) is 4.79 Å². The van der Waals surface area contributed by atoms with Gasteiger partial charge in [-0.1, -0.05) is 30.3 Å². The van der Waals surface area contributed by atoms with E-state index in [1.165, 1.54) is 11.3 Å². The van der Waals surface area contributed by atoms with Gasteiger partial charge in [0.15, 0.2) is 0 Å². The Morgan fingerprint density at radius 1 is 1.14 bits per heavy atom. The molecule has 1 aromatic carbocycles. The molecule has 0 spiro atoms. The van der Waals surface area contributed by atoms with Crippen molar-refractivity contribution in [3.8, 4) is 27.4 Å². The first-order valence-corrected chi connectivity index (χ1v) is 12.5. The van der Waals surface area contributed by atoms with Crippen LogP contribution in [0.4, 0.5) is 0 Å². The summed E-state index contributed by atoms with van der Waals surface area (Å²) in [4.78, 5) is 20.2. The van der Waals surface area contributed by atoms with E-state index in [0.717, 1.165) is 46.0 Å². The lowest BCUT2D eigenvalue weighted by Gasteiger charge is -2.14. The fourth-order valence-electron chi connectivity index (χ4n) is 4.02. The summed E-state index contributed by atoms with van der Waals surface area (Å²) in [5.74, 6) is -0.0283. The fourth-order valence-corrected chi connectivity index (χ4v) is 4.97. The summed E-state index contributed by atoms with van der Waals surface area (Å²) in [7, 11) is 4.10. The van der Waals surface area contributed by atoms with Crippen molar-refractivity contribution in [1.29, 1.82) is 0 Å². The third-order valence-corrected chi connectivity index (χ3v) is 7.16. The second-order valence-electron chi connectivity index (χ2n) is 8.92. The zero-order chi connectivity index (χ0) is 25.2. The van der Waals surface area contributed by atoms with Gasteiger partial charge in [-0.15, -0.1) is 11.3 Å². The minimum absolute atomic E-state index is 0.227. The molecule has 4 aromatic heterocycles. The Hall–Kier alpha value is -3.95. The number of hydrogen-bond acceptors (Lipinski definition) is 6. The van der Waals surface area contributed by atoms with Crippen LogP contribution in [0, 0.1) is 0 Å². The number of rotatable bonds is 9. The van der Waals surface area contributed by atoms with Crippen LogP contribution < -0.4 is 10.5 Å². The SMILES string of the molecule is CC(Oc1cc(-c2cnc3cc(-c4cnn(CCN(C)C)c4)ccn23)sc1C(N)=O)c1ccccc1. The summed E-state index contributed by atoms with van der Waals surface area (Å²) in [5, 5.41) is 4.48. The third kappa shape index (κ3) is 4.89. The van der Waals surface area contributed by atoms with Crippen LogP contribution in [0.5, 0.6) is 5.75 Å². The predicted octanol–water partition coefficient (Wildman–Crippen LogP) is 4.73. The number of carbonyl (C=O) groups is 1. The number of pyridine rings is 1. The molecule has 5 aromatic rings. The second-order valence-corrected chi connectivity index (χ2v) is 9.97. The Morgan fingerprint density at radius 3 is 2.69 bits per heavy atom. The summed E-state index contributed by atoms with van der Waals surface area (Å²) in [6, 6.07) is 15.8. The molecule has 5 rings (SSSR count). The van der Waals surface area contributed by atoms with Crippen LogP contribution in [0.1, 0.15) is 28.3 Å². The van der Waals surface area contributed by atoms with Crippen molar-refractivity contribution in [2.75, 3.05) is 20.6 Å². The van der Waals surface area contributed by atoms with E-state index < -0.39 is 5.91 Å². The van der Waals surface area contributed by atoms with E-state index in [0.29, 0.717) is 10.6 Å². The van der Waals surface area contributed by atoms with Crippen molar-refractivity contribution < 1.29 is 9.53 Å². The lowest BCUT2D eigenvalue weighted by molar-refractivity contribution is 0.0998. The number of likely N-dealkylation sites (N-methyl/N-ethyl adjacent to an activating group) is 1. The molecule has 9 heteroatoms. The quantitative estimate of drug-likeness (QED) is 0.316. The van der Waals surface area contributed by atoms with Gasteiger partial charge in [0.25, 0.3) is 5.91 Å². The molecule has 0 saturated carbocycles. The highest BCUT2D eigenvalue weighted by atomic mass is 32.1. The smallest absolute Gasteiger partial charge is 0.262 e. The van der Waals surface area contributed by atoms with Crippen LogP contribution in [0.25, 0.3) is 27.3 Å². The fraction of sp³-hybridized carbons (Fsp3) is 0.222. The third-order valence-electron chi connectivity index (χ3n) is 6.00. The topological polar surface area (TPSA) is 90.7 Å². The molecule has 1 amide bonds. The van der Waals surface area contributed by atoms with Gasteiger partial charge in [0, 0.05) is 30.6 Å². The number of carbonyl (C=O) groups excluding carboxylic acids is 1. The molecule has 0 fully saturated rings. The molecule has 0 bridgehead atoms. The van der Waals surface area contributed by atoms with Gasteiger partial charge in [0.05, 0.1) is 29.5 Å². The maximum Gasteiger partial charge on any atom is 0.262 e. The predicted molar refractivity (Wildman–Crippen MR) is 142 cm³/mol. The van der Waals surface area contributed by atoms with E-state index in [4.69, 9.17) is 10.5 Å². The number of thiophene rings is 1. The van der Waals surface area contributed by atoms with Crippen molar-refractivity contribution >= 4 is 22.9 Å². The summed E-state index contributed by atoms with van der Waals surface area (Å²) in [5.41, 5.74) is 10.5. The number of nitrogens with zero attached hydrogens (tertiary/aromatic N) is 5. The maximum atomic E-state index is 12.2. The Balaban J connectivity index is 1.43. The largest absolute Gasteiger partial charge is 0.484 e. The van der Waals surface area contributed by atoms with Gasteiger partial charge in [-0.2, -0.15) is 5.10 Å². The van der Waals surface area contributed by atoms with Gasteiger partial charge < -0.3 is 15.4 Å². The van der Waals surface area contributed by atoms with Gasteiger partial charge in [0.2, 0.25) is 0 Å². The van der Waals surface area contributed by atoms with Crippen molar-refractivity contribution in [3.05, 3.63) is 83.8 Å². The molecule has 0 aliphatic carbocycles. The van der Waals surface area contributed by atoms with Crippen LogP contribution in [-0.2, 0) is 6.54 Å². The van der Waals surface area contributed by atoms with Crippen LogP contribution in [0.2, 0.25) is 0 Å². The molecule has 36 heavy (non-hydrogen) atoms. The number of hydrogen-bond donors (Lipinski definition) is 1. The van der Waals surface area contributed by atoms with Crippen LogP contribution >= 0.6 is 11.3 Å². The summed E-state index contributed by atoms with van der Waals surface area (Å²) in [6.07, 6.45) is 7.49. The molecule has 2 N–H and O–H groups in total. The van der Waals surface area contributed by atoms with Gasteiger partial charge in [-0.3, -0.25) is 13.9 Å². The normalized spacial score (nSPS) is 12.3. The molecule has 1 unspecified atom stereocenters. The molecule has 8 nitrogen and oxygen atoms in total. The van der Waals surface area contributed by atoms with Crippen molar-refractivity contribution in [1.82, 2.24) is 24.1 Å². The number of imidazole rings is 1. The van der Waals surface area contributed by atoms with E-state index in [2.05, 4.69) is 21.2 Å². The first kappa shape index (κ1) is 23.8. The van der Waals surface area contributed by atoms with Gasteiger partial charge in [-0.25, -0.2) is 4.98 Å². The lowest BCUT2D eigenvalue weighted by atomic mass is 10.1. The van der Waals surface area contributed by atoms with Crippen LogP contribution in [0.15, 0.2) is 73.3 Å². The van der Waals surface area contributed by atoms with E-state index in [1.54, 1.807) is 6.20 Å². The first-order chi connectivity index (χ1) is 17.4. The highest BCUT2D eigenvalue weighted by molar-refractivity contribution is 7.17. The molecular formula is C27H28N6O2S. The number of primary amides is 1. The first-order valence-electron chi connectivity index (χ1n) is 11.7. The van der Waals surface area contributed by atoms with E-state index in [-0.39, 0.29) is 6.10 Å². The van der Waals surface area contributed by atoms with Gasteiger partial charge >= 0.3 is 0 Å². The Labute approximate surface area is 213 Å². The minimum Gasteiger partial charge on any atom is -0.484 e. The standard InChI is InChI=1S/C27H28N6O2S/c1-18(19-7-5-4-6-8-19)35-23-14-24(36-26(23)27(28)34)22-16-29-25-13-20(9-10-33(22)25)21-15-30-32(17-21)12-11-31(2)3/h4-10,13-18H,11-12H2,1-3H3,(H2,28,34). The molecular weight excluding hydrogens is 472 g/mol. The molecule has 184 valence electrons. The number of amides is 1. The van der Waals surface area contributed by atoms with E-state index >= 15 is 0 Å². The second kappa shape index (κ2) is 9.96. The zero-order valence-electron chi connectivity index (χ0n) is 20.5. The van der Waals surface area contributed by atoms with Gasteiger partial charge in [0.1, 0.15) is 22.4 Å². The highest BCUT2D eigenvalue weighted by Crippen LogP contribution is 2.38. The molecule has 0 radical (unpaired) electrons. The average molecular weight is 501 g/mol. The summed E-state index contributed by atoms with van der Waals surface area (Å²) >= 11 is 1.31. The van der Waals surface area contributed by atoms with Crippen LogP contribution in [0.3, 0.4) is 0 Å². The molecule has 4 heterocycles. The minimum atomic E-state index is -0.510. The maximum absolute atomic E-state index is 12.2. The number of aromatic nitrogens is 4. The summed E-state index contributed by atoms with van der Waals surface area (Å²) in [6.45, 7) is 3.71. The Kier molecular flexibility index (Phi) is 6.58. The van der Waals surface area contributed by atoms with E-state index in [1.807, 2.05) is 91.0 Å². The van der Waals surface area contributed by atoms with Crippen molar-refractivity contribution in [3.63, 3.8) is 0 Å². The number of fused-ring (bicyclic) bond motifs is 1. The highest BCUT2D eigenvalue weighted by Gasteiger charge is 2.20. The van der Waals surface area contributed by atoms with Gasteiger partial charge in [-0.05, 0) is 44.3 Å². The number of ether oxygens (including phenoxy) is 1. The van der Waals surface area contributed by atoms with Crippen molar-refractivity contribution in [2.45, 2.75) is 19.6 Å². The van der Waals surface area contributed by atoms with Crippen molar-refractivity contribution in [2.24, 2.45) is 5.73 Å². The Bertz CT molecular complexity index is 1500. The summed E-state index contributed by atoms with van der Waals surface area (Å²) < 4.78 is 10.1. The molecule has 0 saturated heterocycles. The molecule has 1 atom stereocenters. The number of benzene rings is 1. The number of nitrogens with two attached hydrogens (primary N) is 1. The Morgan fingerprint density at radius 2 is 1.94 bits per heavy atom. The molecule has 0 aliphatic heterocycles. The monoisotopic (exact) mass is 500 g/mol.